The Morgan fingerprint density at radius 1 is 1.21 bits per heavy atom. The van der Waals surface area contributed by atoms with Crippen LogP contribution in [0.2, 0.25) is 0 Å². The van der Waals surface area contributed by atoms with Crippen molar-refractivity contribution in [2.45, 2.75) is 6.92 Å². The molecule has 19 heavy (non-hydrogen) atoms. The van der Waals surface area contributed by atoms with E-state index in [1.807, 2.05) is 37.3 Å². The first-order valence-electron chi connectivity index (χ1n) is 5.83. The Morgan fingerprint density at radius 2 is 1.89 bits per heavy atom. The maximum atomic E-state index is 12.3. The number of pyridine rings is 1. The molecule has 4 nitrogen and oxygen atoms in total. The Balaban J connectivity index is 2.28. The molecule has 0 fully saturated rings. The number of carbonyl (C=O) groups is 1. The van der Waals surface area contributed by atoms with E-state index in [0.717, 1.165) is 11.3 Å². The fourth-order valence-corrected chi connectivity index (χ4v) is 1.67. The second-order valence-electron chi connectivity index (χ2n) is 4.22. The summed E-state index contributed by atoms with van der Waals surface area (Å²) in [6.45, 7) is 1.99. The molecule has 1 amide bonds. The van der Waals surface area contributed by atoms with E-state index in [2.05, 4.69) is 4.98 Å². The van der Waals surface area contributed by atoms with Crippen molar-refractivity contribution in [2.24, 2.45) is 0 Å². The summed E-state index contributed by atoms with van der Waals surface area (Å²) < 4.78 is 0. The zero-order valence-electron chi connectivity index (χ0n) is 10.8. The van der Waals surface area contributed by atoms with Gasteiger partial charge in [0.05, 0.1) is 0 Å². The zero-order valence-corrected chi connectivity index (χ0v) is 10.8. The van der Waals surface area contributed by atoms with Crippen LogP contribution < -0.4 is 4.90 Å². The van der Waals surface area contributed by atoms with Gasteiger partial charge >= 0.3 is 0 Å². The summed E-state index contributed by atoms with van der Waals surface area (Å²) in [4.78, 5) is 17.8. The largest absolute Gasteiger partial charge is 0.310 e. The Morgan fingerprint density at radius 3 is 2.53 bits per heavy atom. The summed E-state index contributed by atoms with van der Waals surface area (Å²) in [6.07, 6.45) is 0. The van der Waals surface area contributed by atoms with Gasteiger partial charge in [0.1, 0.15) is 17.5 Å². The number of rotatable bonds is 2. The quantitative estimate of drug-likeness (QED) is 0.824. The van der Waals surface area contributed by atoms with Gasteiger partial charge in [0.25, 0.3) is 5.91 Å². The number of aryl methyl sites for hydroxylation is 1. The Labute approximate surface area is 111 Å². The fourth-order valence-electron chi connectivity index (χ4n) is 1.67. The summed E-state index contributed by atoms with van der Waals surface area (Å²) in [7, 11) is 1.69. The minimum absolute atomic E-state index is 0.235. The molecule has 2 aromatic rings. The van der Waals surface area contributed by atoms with Crippen LogP contribution in [-0.2, 0) is 0 Å². The highest BCUT2D eigenvalue weighted by molar-refractivity contribution is 6.04. The molecule has 0 radical (unpaired) electrons. The van der Waals surface area contributed by atoms with Crippen molar-refractivity contribution in [3.63, 3.8) is 0 Å². The monoisotopic (exact) mass is 251 g/mol. The summed E-state index contributed by atoms with van der Waals surface area (Å²) in [5.41, 5.74) is 2.43. The van der Waals surface area contributed by atoms with Gasteiger partial charge in [0.15, 0.2) is 0 Å². The van der Waals surface area contributed by atoms with Gasteiger partial charge in [-0.05, 0) is 31.2 Å². The predicted octanol–water partition coefficient (Wildman–Crippen LogP) is 2.54. The number of aromatic nitrogens is 1. The molecule has 0 N–H and O–H groups in total. The smallest absolute Gasteiger partial charge is 0.276 e. The standard InChI is InChI=1S/C15H13N3O/c1-11-6-8-13(9-7-11)18(2)15(19)14-5-3-4-12(10-16)17-14/h3-9H,1-2H3. The fraction of sp³-hybridized carbons (Fsp3) is 0.133. The van der Waals surface area contributed by atoms with Crippen molar-refractivity contribution in [3.05, 3.63) is 59.4 Å². The molecule has 1 heterocycles. The number of carbonyl (C=O) groups excluding carboxylic acids is 1. The number of nitriles is 1. The van der Waals surface area contributed by atoms with Gasteiger partial charge < -0.3 is 4.90 Å². The van der Waals surface area contributed by atoms with Crippen LogP contribution in [0, 0.1) is 18.3 Å². The minimum atomic E-state index is -0.235. The lowest BCUT2D eigenvalue weighted by molar-refractivity contribution is 0.0988. The van der Waals surface area contributed by atoms with Crippen LogP contribution in [0.15, 0.2) is 42.5 Å². The van der Waals surface area contributed by atoms with Crippen LogP contribution in [0.25, 0.3) is 0 Å². The summed E-state index contributed by atoms with van der Waals surface area (Å²) in [5, 5.41) is 8.79. The Hall–Kier alpha value is -2.67. The molecule has 0 aliphatic heterocycles. The number of hydrogen-bond acceptors (Lipinski definition) is 3. The van der Waals surface area contributed by atoms with Crippen molar-refractivity contribution >= 4 is 11.6 Å². The van der Waals surface area contributed by atoms with Crippen molar-refractivity contribution in [3.8, 4) is 6.07 Å². The number of benzene rings is 1. The minimum Gasteiger partial charge on any atom is -0.310 e. The molecular weight excluding hydrogens is 238 g/mol. The van der Waals surface area contributed by atoms with E-state index in [-0.39, 0.29) is 17.3 Å². The molecule has 0 aliphatic carbocycles. The lowest BCUT2D eigenvalue weighted by Gasteiger charge is -2.17. The third-order valence-corrected chi connectivity index (χ3v) is 2.81. The lowest BCUT2D eigenvalue weighted by atomic mass is 10.2. The molecule has 1 aromatic carbocycles. The second kappa shape index (κ2) is 5.32. The Bertz CT molecular complexity index is 641. The molecule has 0 unspecified atom stereocenters. The van der Waals surface area contributed by atoms with E-state index in [4.69, 9.17) is 5.26 Å². The van der Waals surface area contributed by atoms with Crippen LogP contribution in [0.3, 0.4) is 0 Å². The predicted molar refractivity (Wildman–Crippen MR) is 72.9 cm³/mol. The van der Waals surface area contributed by atoms with Crippen LogP contribution >= 0.6 is 0 Å². The second-order valence-corrected chi connectivity index (χ2v) is 4.22. The van der Waals surface area contributed by atoms with E-state index in [1.165, 1.54) is 4.90 Å². The maximum Gasteiger partial charge on any atom is 0.276 e. The van der Waals surface area contributed by atoms with Gasteiger partial charge in [-0.2, -0.15) is 5.26 Å². The van der Waals surface area contributed by atoms with Crippen molar-refractivity contribution in [2.75, 3.05) is 11.9 Å². The molecule has 2 rings (SSSR count). The summed E-state index contributed by atoms with van der Waals surface area (Å²) in [6, 6.07) is 14.4. The summed E-state index contributed by atoms with van der Waals surface area (Å²) in [5.74, 6) is -0.235. The van der Waals surface area contributed by atoms with Gasteiger partial charge in [-0.3, -0.25) is 4.79 Å². The van der Waals surface area contributed by atoms with E-state index < -0.39 is 0 Å². The molecule has 0 aliphatic rings. The highest BCUT2D eigenvalue weighted by atomic mass is 16.2. The normalized spacial score (nSPS) is 9.74. The van der Waals surface area contributed by atoms with Crippen LogP contribution in [0.5, 0.6) is 0 Å². The maximum absolute atomic E-state index is 12.3. The topological polar surface area (TPSA) is 57.0 Å². The molecule has 0 bridgehead atoms. The van der Waals surface area contributed by atoms with Crippen molar-refractivity contribution < 1.29 is 4.79 Å². The van der Waals surface area contributed by atoms with Crippen LogP contribution in [0.1, 0.15) is 21.7 Å². The van der Waals surface area contributed by atoms with Crippen LogP contribution in [-0.4, -0.2) is 17.9 Å². The zero-order chi connectivity index (χ0) is 13.8. The molecule has 0 saturated carbocycles. The third-order valence-electron chi connectivity index (χ3n) is 2.81. The first-order chi connectivity index (χ1) is 9.11. The van der Waals surface area contributed by atoms with Gasteiger partial charge in [-0.1, -0.05) is 23.8 Å². The van der Waals surface area contributed by atoms with E-state index >= 15 is 0 Å². The van der Waals surface area contributed by atoms with Gasteiger partial charge in [0.2, 0.25) is 0 Å². The van der Waals surface area contributed by atoms with Gasteiger partial charge in [-0.15, -0.1) is 0 Å². The molecule has 0 spiro atoms. The number of nitrogens with zero attached hydrogens (tertiary/aromatic N) is 3. The highest BCUT2D eigenvalue weighted by Crippen LogP contribution is 2.15. The number of anilines is 1. The van der Waals surface area contributed by atoms with Crippen molar-refractivity contribution in [1.29, 1.82) is 5.26 Å². The molecule has 0 saturated heterocycles. The van der Waals surface area contributed by atoms with Crippen LogP contribution in [0.4, 0.5) is 5.69 Å². The lowest BCUT2D eigenvalue weighted by Crippen LogP contribution is -2.27. The van der Waals surface area contributed by atoms with Gasteiger partial charge in [0, 0.05) is 12.7 Å². The SMILES string of the molecule is Cc1ccc(N(C)C(=O)c2cccc(C#N)n2)cc1. The molecule has 1 aromatic heterocycles. The van der Waals surface area contributed by atoms with E-state index in [1.54, 1.807) is 25.2 Å². The number of hydrogen-bond donors (Lipinski definition) is 0. The first-order valence-corrected chi connectivity index (χ1v) is 5.83. The van der Waals surface area contributed by atoms with Crippen molar-refractivity contribution in [1.82, 2.24) is 4.98 Å². The Kier molecular flexibility index (Phi) is 3.58. The number of amides is 1. The average molecular weight is 251 g/mol. The van der Waals surface area contributed by atoms with E-state index in [0.29, 0.717) is 0 Å². The molecule has 94 valence electrons. The first kappa shape index (κ1) is 12.8. The van der Waals surface area contributed by atoms with Gasteiger partial charge in [-0.25, -0.2) is 4.98 Å². The highest BCUT2D eigenvalue weighted by Gasteiger charge is 2.14. The van der Waals surface area contributed by atoms with E-state index in [9.17, 15) is 4.79 Å². The molecular formula is C15H13N3O. The third kappa shape index (κ3) is 2.78. The molecule has 4 heteroatoms. The summed E-state index contributed by atoms with van der Waals surface area (Å²) >= 11 is 0. The molecule has 0 atom stereocenters. The average Bonchev–Trinajstić information content (AvgIpc) is 2.46.